The van der Waals surface area contributed by atoms with Crippen LogP contribution in [0.2, 0.25) is 15.1 Å². The van der Waals surface area contributed by atoms with E-state index in [-0.39, 0.29) is 34.5 Å². The molecule has 2 aromatic rings. The summed E-state index contributed by atoms with van der Waals surface area (Å²) in [6.07, 6.45) is 5.64. The Morgan fingerprint density at radius 1 is 0.973 bits per heavy atom. The number of benzene rings is 2. The van der Waals surface area contributed by atoms with Crippen molar-refractivity contribution < 1.29 is 14.0 Å². The van der Waals surface area contributed by atoms with Crippen LogP contribution in [0.25, 0.3) is 0 Å². The summed E-state index contributed by atoms with van der Waals surface area (Å²) in [4.78, 5) is 27.0. The van der Waals surface area contributed by atoms with Crippen molar-refractivity contribution in [3.05, 3.63) is 62.8 Å². The molecule has 3 N–H and O–H groups in total. The lowest BCUT2D eigenvalue weighted by atomic mass is 10.0. The fourth-order valence-electron chi connectivity index (χ4n) is 4.81. The molecule has 2 atom stereocenters. The molecule has 1 saturated carbocycles. The summed E-state index contributed by atoms with van der Waals surface area (Å²) in [7, 11) is 0. The Morgan fingerprint density at radius 3 is 2.49 bits per heavy atom. The van der Waals surface area contributed by atoms with Gasteiger partial charge in [-0.1, -0.05) is 47.3 Å². The highest BCUT2D eigenvalue weighted by atomic mass is 35.5. The number of nitrogens with zero attached hydrogens (tertiary/aromatic N) is 1. The van der Waals surface area contributed by atoms with E-state index in [0.717, 1.165) is 63.7 Å². The van der Waals surface area contributed by atoms with Crippen molar-refractivity contribution in [2.45, 2.75) is 50.5 Å². The van der Waals surface area contributed by atoms with Crippen LogP contribution in [-0.2, 0) is 4.79 Å². The second kappa shape index (κ2) is 13.1. The number of urea groups is 1. The van der Waals surface area contributed by atoms with Gasteiger partial charge in [-0.15, -0.1) is 0 Å². The Kier molecular flexibility index (Phi) is 9.93. The SMILES string of the molecule is O=C(Nc1ccc(Cl)cc1F)NC1CCN(CCCCCNC(=O)[C@@H]2C[C@H]2c2ccc(Cl)c(Cl)c2)CC1. The number of halogens is 4. The first-order valence-electron chi connectivity index (χ1n) is 12.8. The molecule has 0 bridgehead atoms. The van der Waals surface area contributed by atoms with Crippen molar-refractivity contribution in [1.29, 1.82) is 0 Å². The van der Waals surface area contributed by atoms with E-state index in [1.807, 2.05) is 12.1 Å². The van der Waals surface area contributed by atoms with Gasteiger partial charge in [-0.25, -0.2) is 9.18 Å². The molecule has 6 nitrogen and oxygen atoms in total. The van der Waals surface area contributed by atoms with Crippen molar-refractivity contribution in [2.75, 3.05) is 31.5 Å². The molecule has 2 aliphatic rings. The first kappa shape index (κ1) is 28.0. The van der Waals surface area contributed by atoms with Crippen LogP contribution < -0.4 is 16.0 Å². The highest BCUT2D eigenvalue weighted by Crippen LogP contribution is 2.48. The van der Waals surface area contributed by atoms with Crippen molar-refractivity contribution >= 4 is 52.4 Å². The average Bonchev–Trinajstić information content (AvgIpc) is 3.67. The zero-order valence-corrected chi connectivity index (χ0v) is 22.8. The molecule has 3 amide bonds. The fourth-order valence-corrected chi connectivity index (χ4v) is 5.28. The molecule has 1 saturated heterocycles. The predicted octanol–water partition coefficient (Wildman–Crippen LogP) is 6.46. The van der Waals surface area contributed by atoms with Crippen LogP contribution in [0.5, 0.6) is 0 Å². The third kappa shape index (κ3) is 8.21. The second-order valence-electron chi connectivity index (χ2n) is 9.81. The number of carbonyl (C=O) groups is 2. The molecule has 0 aromatic heterocycles. The number of likely N-dealkylation sites (tertiary alicyclic amines) is 1. The summed E-state index contributed by atoms with van der Waals surface area (Å²) >= 11 is 17.8. The van der Waals surface area contributed by atoms with Gasteiger partial charge in [0.25, 0.3) is 0 Å². The van der Waals surface area contributed by atoms with Gasteiger partial charge >= 0.3 is 6.03 Å². The number of nitrogens with one attached hydrogen (secondary N) is 3. The lowest BCUT2D eigenvalue weighted by Crippen LogP contribution is -2.46. The van der Waals surface area contributed by atoms with E-state index in [1.54, 1.807) is 6.07 Å². The van der Waals surface area contributed by atoms with Crippen LogP contribution in [-0.4, -0.2) is 49.1 Å². The quantitative estimate of drug-likeness (QED) is 0.288. The molecule has 37 heavy (non-hydrogen) atoms. The molecule has 1 heterocycles. The summed E-state index contributed by atoms with van der Waals surface area (Å²) in [5.74, 6) is -0.179. The van der Waals surface area contributed by atoms with E-state index in [1.165, 1.54) is 18.2 Å². The Balaban J connectivity index is 1.03. The monoisotopic (exact) mass is 568 g/mol. The largest absolute Gasteiger partial charge is 0.356 e. The molecule has 10 heteroatoms. The molecule has 4 rings (SSSR count). The number of anilines is 1. The maximum Gasteiger partial charge on any atom is 0.319 e. The molecule has 0 spiro atoms. The molecule has 0 unspecified atom stereocenters. The zero-order chi connectivity index (χ0) is 26.4. The standard InChI is InChI=1S/C27H32Cl3FN4O2/c28-18-5-7-25(24(31)15-18)34-27(37)33-19-8-12-35(13-9-19)11-3-1-2-10-32-26(36)21-16-20(21)17-4-6-22(29)23(30)14-17/h4-7,14-15,19-21H,1-3,8-13,16H2,(H,32,36)(H2,33,34,37)/t20-,21+/m0/s1. The first-order valence-corrected chi connectivity index (χ1v) is 13.9. The van der Waals surface area contributed by atoms with Gasteiger partial charge in [-0.3, -0.25) is 4.79 Å². The van der Waals surface area contributed by atoms with E-state index >= 15 is 0 Å². The van der Waals surface area contributed by atoms with E-state index in [4.69, 9.17) is 34.8 Å². The third-order valence-corrected chi connectivity index (χ3v) is 8.03. The Labute approximate surface area is 232 Å². The van der Waals surface area contributed by atoms with Gasteiger partial charge in [0.1, 0.15) is 5.82 Å². The number of hydrogen-bond donors (Lipinski definition) is 3. The van der Waals surface area contributed by atoms with E-state index in [9.17, 15) is 14.0 Å². The molecular formula is C27H32Cl3FN4O2. The summed E-state index contributed by atoms with van der Waals surface area (Å²) in [5, 5.41) is 9.89. The van der Waals surface area contributed by atoms with Crippen LogP contribution in [0.3, 0.4) is 0 Å². The summed E-state index contributed by atoms with van der Waals surface area (Å²) in [5.41, 5.74) is 1.18. The highest BCUT2D eigenvalue weighted by Gasteiger charge is 2.43. The van der Waals surface area contributed by atoms with E-state index < -0.39 is 11.8 Å². The molecule has 0 radical (unpaired) electrons. The normalized spacial score (nSPS) is 19.9. The van der Waals surface area contributed by atoms with Gasteiger partial charge in [0.15, 0.2) is 0 Å². The molecular weight excluding hydrogens is 538 g/mol. The average molecular weight is 570 g/mol. The Bertz CT molecular complexity index is 1110. The third-order valence-electron chi connectivity index (χ3n) is 7.05. The van der Waals surface area contributed by atoms with Crippen molar-refractivity contribution in [3.63, 3.8) is 0 Å². The number of amides is 3. The van der Waals surface area contributed by atoms with Crippen LogP contribution in [0, 0.1) is 11.7 Å². The minimum Gasteiger partial charge on any atom is -0.356 e. The van der Waals surface area contributed by atoms with Crippen LogP contribution in [0.1, 0.15) is 50.0 Å². The van der Waals surface area contributed by atoms with Crippen LogP contribution >= 0.6 is 34.8 Å². The molecule has 1 aliphatic carbocycles. The topological polar surface area (TPSA) is 73.5 Å². The first-order chi connectivity index (χ1) is 17.8. The van der Waals surface area contributed by atoms with Gasteiger partial charge in [0, 0.05) is 36.6 Å². The maximum absolute atomic E-state index is 13.9. The van der Waals surface area contributed by atoms with E-state index in [0.29, 0.717) is 16.6 Å². The lowest BCUT2D eigenvalue weighted by molar-refractivity contribution is -0.122. The molecule has 1 aliphatic heterocycles. The number of unbranched alkanes of at least 4 members (excludes halogenated alkanes) is 2. The van der Waals surface area contributed by atoms with Gasteiger partial charge in [-0.2, -0.15) is 0 Å². The molecule has 2 fully saturated rings. The number of hydrogen-bond acceptors (Lipinski definition) is 3. The number of rotatable bonds is 10. The number of piperidine rings is 1. The fraction of sp³-hybridized carbons (Fsp3) is 0.481. The summed E-state index contributed by atoms with van der Waals surface area (Å²) in [6.45, 7) is 3.52. The van der Waals surface area contributed by atoms with Crippen molar-refractivity contribution in [3.8, 4) is 0 Å². The Hall–Kier alpha value is -2.06. The number of carbonyl (C=O) groups excluding carboxylic acids is 2. The minimum atomic E-state index is -0.558. The maximum atomic E-state index is 13.9. The van der Waals surface area contributed by atoms with Gasteiger partial charge < -0.3 is 20.9 Å². The second-order valence-corrected chi connectivity index (χ2v) is 11.1. The lowest BCUT2D eigenvalue weighted by Gasteiger charge is -2.32. The molecule has 2 aromatic carbocycles. The summed E-state index contributed by atoms with van der Waals surface area (Å²) in [6, 6.07) is 9.41. The van der Waals surface area contributed by atoms with Crippen LogP contribution in [0.4, 0.5) is 14.9 Å². The van der Waals surface area contributed by atoms with E-state index in [2.05, 4.69) is 20.9 Å². The van der Waals surface area contributed by atoms with Gasteiger partial charge in [0.05, 0.1) is 15.7 Å². The van der Waals surface area contributed by atoms with Crippen LogP contribution in [0.15, 0.2) is 36.4 Å². The smallest absolute Gasteiger partial charge is 0.319 e. The predicted molar refractivity (Wildman–Crippen MR) is 147 cm³/mol. The van der Waals surface area contributed by atoms with Crippen molar-refractivity contribution in [2.24, 2.45) is 5.92 Å². The zero-order valence-electron chi connectivity index (χ0n) is 20.5. The minimum absolute atomic E-state index is 0.0273. The van der Waals surface area contributed by atoms with Gasteiger partial charge in [0.2, 0.25) is 5.91 Å². The Morgan fingerprint density at radius 2 is 1.76 bits per heavy atom. The highest BCUT2D eigenvalue weighted by molar-refractivity contribution is 6.42. The summed E-state index contributed by atoms with van der Waals surface area (Å²) < 4.78 is 13.9. The van der Waals surface area contributed by atoms with Crippen molar-refractivity contribution in [1.82, 2.24) is 15.5 Å². The molecule has 200 valence electrons. The van der Waals surface area contributed by atoms with Gasteiger partial charge in [-0.05, 0) is 80.5 Å².